The predicted octanol–water partition coefficient (Wildman–Crippen LogP) is 1.63. The van der Waals surface area contributed by atoms with Crippen LogP contribution in [-0.4, -0.2) is 13.6 Å². The van der Waals surface area contributed by atoms with Crippen LogP contribution in [0.2, 0.25) is 0 Å². The Labute approximate surface area is 71.4 Å². The average molecular weight is 165 g/mol. The number of thiophene rings is 1. The van der Waals surface area contributed by atoms with E-state index in [0.717, 1.165) is 12.1 Å². The van der Waals surface area contributed by atoms with Crippen molar-refractivity contribution >= 4 is 11.3 Å². The fraction of sp³-hybridized carbons (Fsp3) is 0.333. The lowest BCUT2D eigenvalue weighted by molar-refractivity contribution is 0.938. The molecule has 0 bridgehead atoms. The molecule has 1 aromatic rings. The lowest BCUT2D eigenvalue weighted by Gasteiger charge is -1.84. The molecule has 0 spiro atoms. The van der Waals surface area contributed by atoms with Crippen LogP contribution in [0.15, 0.2) is 11.4 Å². The van der Waals surface area contributed by atoms with E-state index in [1.165, 1.54) is 4.88 Å². The predicted molar refractivity (Wildman–Crippen MR) is 49.9 cm³/mol. The molecule has 0 aromatic carbocycles. The summed E-state index contributed by atoms with van der Waals surface area (Å²) in [6.07, 6.45) is 0. The molecule has 1 heterocycles. The first-order chi connectivity index (χ1) is 5.34. The Morgan fingerprint density at radius 2 is 2.45 bits per heavy atom. The van der Waals surface area contributed by atoms with Crippen LogP contribution in [0.4, 0.5) is 0 Å². The molecule has 0 fully saturated rings. The molecular weight excluding hydrogens is 154 g/mol. The summed E-state index contributed by atoms with van der Waals surface area (Å²) >= 11 is 1.74. The summed E-state index contributed by atoms with van der Waals surface area (Å²) in [7, 11) is 1.90. The van der Waals surface area contributed by atoms with Gasteiger partial charge in [0, 0.05) is 10.4 Å². The molecule has 0 radical (unpaired) electrons. The van der Waals surface area contributed by atoms with E-state index >= 15 is 0 Å². The lowest BCUT2D eigenvalue weighted by atomic mass is 10.3. The van der Waals surface area contributed by atoms with E-state index in [1.807, 2.05) is 7.05 Å². The molecule has 0 saturated heterocycles. The maximum atomic E-state index is 3.09. The highest BCUT2D eigenvalue weighted by Crippen LogP contribution is 2.12. The molecule has 0 aliphatic carbocycles. The van der Waals surface area contributed by atoms with Gasteiger partial charge in [-0.05, 0) is 25.4 Å². The zero-order chi connectivity index (χ0) is 8.10. The van der Waals surface area contributed by atoms with Gasteiger partial charge in [0.25, 0.3) is 0 Å². The first kappa shape index (κ1) is 8.32. The van der Waals surface area contributed by atoms with Crippen LogP contribution in [0.25, 0.3) is 0 Å². The van der Waals surface area contributed by atoms with Gasteiger partial charge in [0.15, 0.2) is 0 Å². The highest BCUT2D eigenvalue weighted by Gasteiger charge is 1.91. The normalized spacial score (nSPS) is 8.91. The molecule has 0 aliphatic heterocycles. The third-order valence-electron chi connectivity index (χ3n) is 1.35. The Bertz CT molecular complexity index is 277. The number of rotatable bonds is 1. The molecule has 1 rings (SSSR count). The van der Waals surface area contributed by atoms with Gasteiger partial charge in [0.1, 0.15) is 0 Å². The van der Waals surface area contributed by atoms with Gasteiger partial charge in [0.05, 0.1) is 6.54 Å². The monoisotopic (exact) mass is 165 g/mol. The quantitative estimate of drug-likeness (QED) is 0.624. The summed E-state index contributed by atoms with van der Waals surface area (Å²) in [5, 5.41) is 5.05. The molecular formula is C9H11NS. The molecule has 1 nitrogen and oxygen atoms in total. The van der Waals surface area contributed by atoms with E-state index < -0.39 is 0 Å². The van der Waals surface area contributed by atoms with E-state index in [9.17, 15) is 0 Å². The Morgan fingerprint density at radius 1 is 1.64 bits per heavy atom. The first-order valence-electron chi connectivity index (χ1n) is 3.52. The molecule has 0 amide bonds. The fourth-order valence-corrected chi connectivity index (χ4v) is 1.40. The van der Waals surface area contributed by atoms with Crippen molar-refractivity contribution in [2.45, 2.75) is 6.92 Å². The van der Waals surface area contributed by atoms with Gasteiger partial charge in [-0.1, -0.05) is 11.8 Å². The minimum absolute atomic E-state index is 0.759. The van der Waals surface area contributed by atoms with Crippen LogP contribution in [0.3, 0.4) is 0 Å². The average Bonchev–Trinajstić information content (AvgIpc) is 2.37. The second kappa shape index (κ2) is 4.17. The third-order valence-corrected chi connectivity index (χ3v) is 2.19. The van der Waals surface area contributed by atoms with Crippen molar-refractivity contribution in [3.05, 3.63) is 21.9 Å². The van der Waals surface area contributed by atoms with Gasteiger partial charge < -0.3 is 5.32 Å². The van der Waals surface area contributed by atoms with Crippen LogP contribution in [0, 0.1) is 18.8 Å². The van der Waals surface area contributed by atoms with Crippen molar-refractivity contribution < 1.29 is 0 Å². The summed E-state index contributed by atoms with van der Waals surface area (Å²) < 4.78 is 0. The van der Waals surface area contributed by atoms with E-state index in [1.54, 1.807) is 11.3 Å². The molecule has 0 aliphatic rings. The second-order valence-corrected chi connectivity index (χ2v) is 3.34. The van der Waals surface area contributed by atoms with Gasteiger partial charge in [-0.3, -0.25) is 0 Å². The van der Waals surface area contributed by atoms with Gasteiger partial charge >= 0.3 is 0 Å². The van der Waals surface area contributed by atoms with Crippen molar-refractivity contribution in [3.8, 4) is 11.8 Å². The van der Waals surface area contributed by atoms with Crippen molar-refractivity contribution in [1.29, 1.82) is 0 Å². The third kappa shape index (κ3) is 2.38. The number of nitrogens with one attached hydrogen (secondary N) is 1. The van der Waals surface area contributed by atoms with Crippen molar-refractivity contribution in [2.24, 2.45) is 0 Å². The van der Waals surface area contributed by atoms with Crippen molar-refractivity contribution in [3.63, 3.8) is 0 Å². The molecule has 2 heteroatoms. The summed E-state index contributed by atoms with van der Waals surface area (Å²) in [6.45, 7) is 2.85. The molecule has 0 atom stereocenters. The Morgan fingerprint density at radius 3 is 3.00 bits per heavy atom. The Kier molecular flexibility index (Phi) is 3.15. The van der Waals surface area contributed by atoms with Crippen LogP contribution in [-0.2, 0) is 0 Å². The molecule has 0 saturated carbocycles. The van der Waals surface area contributed by atoms with Crippen LogP contribution in [0.1, 0.15) is 10.4 Å². The molecule has 1 N–H and O–H groups in total. The standard InChI is InChI=1S/C9H11NS/c1-8-9(5-7-11-8)4-3-6-10-2/h5,7,10H,6H2,1-2H3. The van der Waals surface area contributed by atoms with Crippen LogP contribution < -0.4 is 5.32 Å². The minimum atomic E-state index is 0.759. The smallest absolute Gasteiger partial charge is 0.0577 e. The van der Waals surface area contributed by atoms with Gasteiger partial charge in [-0.25, -0.2) is 0 Å². The molecule has 0 unspecified atom stereocenters. The van der Waals surface area contributed by atoms with Gasteiger partial charge in [0.2, 0.25) is 0 Å². The highest BCUT2D eigenvalue weighted by molar-refractivity contribution is 7.10. The summed E-state index contributed by atoms with van der Waals surface area (Å²) in [5.74, 6) is 6.12. The number of hydrogen-bond donors (Lipinski definition) is 1. The molecule has 1 aromatic heterocycles. The zero-order valence-corrected chi connectivity index (χ0v) is 7.59. The SMILES string of the molecule is CNCC#Cc1ccsc1C. The molecule has 11 heavy (non-hydrogen) atoms. The Balaban J connectivity index is 2.65. The lowest BCUT2D eigenvalue weighted by Crippen LogP contribution is -2.04. The number of aryl methyl sites for hydroxylation is 1. The highest BCUT2D eigenvalue weighted by atomic mass is 32.1. The zero-order valence-electron chi connectivity index (χ0n) is 6.77. The van der Waals surface area contributed by atoms with Crippen molar-refractivity contribution in [2.75, 3.05) is 13.6 Å². The summed E-state index contributed by atoms with van der Waals surface area (Å²) in [5.41, 5.74) is 1.16. The van der Waals surface area contributed by atoms with Crippen LogP contribution >= 0.6 is 11.3 Å². The van der Waals surface area contributed by atoms with Crippen molar-refractivity contribution in [1.82, 2.24) is 5.32 Å². The topological polar surface area (TPSA) is 12.0 Å². The second-order valence-electron chi connectivity index (χ2n) is 2.22. The van der Waals surface area contributed by atoms with Gasteiger partial charge in [-0.15, -0.1) is 11.3 Å². The Hall–Kier alpha value is -0.780. The summed E-state index contributed by atoms with van der Waals surface area (Å²) in [6, 6.07) is 2.06. The van der Waals surface area contributed by atoms with E-state index in [4.69, 9.17) is 0 Å². The minimum Gasteiger partial charge on any atom is -0.309 e. The maximum absolute atomic E-state index is 3.09. The first-order valence-corrected chi connectivity index (χ1v) is 4.40. The fourth-order valence-electron chi connectivity index (χ4n) is 0.742. The van der Waals surface area contributed by atoms with E-state index in [-0.39, 0.29) is 0 Å². The van der Waals surface area contributed by atoms with E-state index in [2.05, 4.69) is 35.5 Å². The van der Waals surface area contributed by atoms with Crippen LogP contribution in [0.5, 0.6) is 0 Å². The number of hydrogen-bond acceptors (Lipinski definition) is 2. The maximum Gasteiger partial charge on any atom is 0.0577 e. The largest absolute Gasteiger partial charge is 0.309 e. The molecule has 58 valence electrons. The van der Waals surface area contributed by atoms with Gasteiger partial charge in [-0.2, -0.15) is 0 Å². The van der Waals surface area contributed by atoms with E-state index in [0.29, 0.717) is 0 Å². The summed E-state index contributed by atoms with van der Waals surface area (Å²) in [4.78, 5) is 1.30.